The zero-order valence-electron chi connectivity index (χ0n) is 12.3. The van der Waals surface area contributed by atoms with Crippen LogP contribution in [0.1, 0.15) is 11.1 Å². The molecule has 3 nitrogen and oxygen atoms in total. The maximum atomic E-state index is 11.9. The van der Waals surface area contributed by atoms with Crippen LogP contribution in [0.2, 0.25) is 0 Å². The molecule has 1 N–H and O–H groups in total. The summed E-state index contributed by atoms with van der Waals surface area (Å²) in [4.78, 5) is 11.9. The standard InChI is InChI=1S/C18H21NO2/c1-21-18(20)17(12-15-8-4-2-5-9-15)14-19-13-16-10-6-3-7-11-16/h2-11,17,19H,12-14H2,1H3/t17-/m1/s1. The van der Waals surface area contributed by atoms with Crippen LogP contribution in [0, 0.1) is 5.92 Å². The Balaban J connectivity index is 1.89. The Hall–Kier alpha value is -2.13. The van der Waals surface area contributed by atoms with E-state index < -0.39 is 0 Å². The number of ether oxygens (including phenoxy) is 1. The van der Waals surface area contributed by atoms with E-state index in [9.17, 15) is 4.79 Å². The summed E-state index contributed by atoms with van der Waals surface area (Å²) in [5.41, 5.74) is 2.36. The number of hydrogen-bond donors (Lipinski definition) is 1. The van der Waals surface area contributed by atoms with Crippen LogP contribution in [0.5, 0.6) is 0 Å². The van der Waals surface area contributed by atoms with Crippen molar-refractivity contribution in [1.29, 1.82) is 0 Å². The summed E-state index contributed by atoms with van der Waals surface area (Å²) in [5.74, 6) is -0.333. The van der Waals surface area contributed by atoms with Gasteiger partial charge in [0.1, 0.15) is 0 Å². The molecule has 0 bridgehead atoms. The molecule has 3 heteroatoms. The molecule has 0 fully saturated rings. The third-order valence-electron chi connectivity index (χ3n) is 3.42. The topological polar surface area (TPSA) is 38.3 Å². The summed E-state index contributed by atoms with van der Waals surface area (Å²) in [6.07, 6.45) is 0.690. The molecule has 0 unspecified atom stereocenters. The first-order chi connectivity index (χ1) is 10.3. The molecule has 0 aliphatic heterocycles. The largest absolute Gasteiger partial charge is 0.469 e. The zero-order chi connectivity index (χ0) is 14.9. The molecule has 0 saturated carbocycles. The van der Waals surface area contributed by atoms with Gasteiger partial charge in [-0.25, -0.2) is 0 Å². The SMILES string of the molecule is COC(=O)[C@@H](CNCc1ccccc1)Cc1ccccc1. The molecule has 0 radical (unpaired) electrons. The lowest BCUT2D eigenvalue weighted by atomic mass is 9.99. The molecular formula is C18H21NO2. The zero-order valence-corrected chi connectivity index (χ0v) is 12.3. The van der Waals surface area contributed by atoms with Gasteiger partial charge in [-0.3, -0.25) is 4.79 Å². The third-order valence-corrected chi connectivity index (χ3v) is 3.42. The summed E-state index contributed by atoms with van der Waals surface area (Å²) in [6.45, 7) is 1.36. The van der Waals surface area contributed by atoms with E-state index in [4.69, 9.17) is 4.74 Å². The minimum absolute atomic E-state index is 0.166. The summed E-state index contributed by atoms with van der Waals surface area (Å²) < 4.78 is 4.91. The maximum Gasteiger partial charge on any atom is 0.310 e. The Bertz CT molecular complexity index is 540. The van der Waals surface area contributed by atoms with Gasteiger partial charge in [0.25, 0.3) is 0 Å². The summed E-state index contributed by atoms with van der Waals surface area (Å²) in [5, 5.41) is 3.34. The van der Waals surface area contributed by atoms with Gasteiger partial charge >= 0.3 is 5.97 Å². The van der Waals surface area contributed by atoms with Crippen molar-refractivity contribution in [3.05, 3.63) is 71.8 Å². The van der Waals surface area contributed by atoms with Gasteiger partial charge in [-0.1, -0.05) is 60.7 Å². The van der Waals surface area contributed by atoms with Crippen molar-refractivity contribution in [2.45, 2.75) is 13.0 Å². The first-order valence-corrected chi connectivity index (χ1v) is 7.16. The second-order valence-electron chi connectivity index (χ2n) is 5.03. The van der Waals surface area contributed by atoms with Crippen LogP contribution >= 0.6 is 0 Å². The van der Waals surface area contributed by atoms with E-state index in [1.165, 1.54) is 12.7 Å². The van der Waals surface area contributed by atoms with Gasteiger partial charge in [0, 0.05) is 13.1 Å². The molecule has 21 heavy (non-hydrogen) atoms. The lowest BCUT2D eigenvalue weighted by Gasteiger charge is -2.15. The molecule has 110 valence electrons. The highest BCUT2D eigenvalue weighted by atomic mass is 16.5. The molecule has 1 atom stereocenters. The van der Waals surface area contributed by atoms with Crippen molar-refractivity contribution in [3.8, 4) is 0 Å². The quantitative estimate of drug-likeness (QED) is 0.794. The van der Waals surface area contributed by atoms with Crippen LogP contribution in [0.4, 0.5) is 0 Å². The Labute approximate surface area is 126 Å². The number of benzene rings is 2. The fourth-order valence-corrected chi connectivity index (χ4v) is 2.29. The van der Waals surface area contributed by atoms with Crippen LogP contribution < -0.4 is 5.32 Å². The monoisotopic (exact) mass is 283 g/mol. The lowest BCUT2D eigenvalue weighted by molar-refractivity contribution is -0.145. The summed E-state index contributed by atoms with van der Waals surface area (Å²) >= 11 is 0. The number of methoxy groups -OCH3 is 1. The van der Waals surface area contributed by atoms with Crippen molar-refractivity contribution in [3.63, 3.8) is 0 Å². The highest BCUT2D eigenvalue weighted by Gasteiger charge is 2.19. The number of rotatable bonds is 7. The molecule has 2 aromatic rings. The first kappa shape index (κ1) is 15.3. The summed E-state index contributed by atoms with van der Waals surface area (Å²) in [7, 11) is 1.44. The Kier molecular flexibility index (Phi) is 5.98. The van der Waals surface area contributed by atoms with E-state index in [-0.39, 0.29) is 11.9 Å². The van der Waals surface area contributed by atoms with Crippen LogP contribution in [0.3, 0.4) is 0 Å². The molecule has 0 heterocycles. The van der Waals surface area contributed by atoms with E-state index in [1.54, 1.807) is 0 Å². The smallest absolute Gasteiger partial charge is 0.310 e. The first-order valence-electron chi connectivity index (χ1n) is 7.16. The van der Waals surface area contributed by atoms with Crippen molar-refractivity contribution in [2.24, 2.45) is 5.92 Å². The minimum Gasteiger partial charge on any atom is -0.469 e. The van der Waals surface area contributed by atoms with Crippen LogP contribution in [-0.4, -0.2) is 19.6 Å². The molecule has 2 rings (SSSR count). The van der Waals surface area contributed by atoms with Gasteiger partial charge in [-0.05, 0) is 17.5 Å². The molecule has 2 aromatic carbocycles. The highest BCUT2D eigenvalue weighted by molar-refractivity contribution is 5.72. The number of nitrogens with one attached hydrogen (secondary N) is 1. The average molecular weight is 283 g/mol. The predicted molar refractivity (Wildman–Crippen MR) is 83.8 cm³/mol. The second-order valence-corrected chi connectivity index (χ2v) is 5.03. The van der Waals surface area contributed by atoms with Crippen molar-refractivity contribution < 1.29 is 9.53 Å². The van der Waals surface area contributed by atoms with E-state index in [0.29, 0.717) is 13.0 Å². The van der Waals surface area contributed by atoms with Gasteiger partial charge in [-0.15, -0.1) is 0 Å². The van der Waals surface area contributed by atoms with E-state index in [2.05, 4.69) is 17.4 Å². The second kappa shape index (κ2) is 8.22. The number of carbonyl (C=O) groups excluding carboxylic acids is 1. The Morgan fingerprint density at radius 3 is 2.14 bits per heavy atom. The Morgan fingerprint density at radius 1 is 1.00 bits per heavy atom. The Morgan fingerprint density at radius 2 is 1.57 bits per heavy atom. The molecule has 0 aliphatic rings. The van der Waals surface area contributed by atoms with Gasteiger partial charge in [0.15, 0.2) is 0 Å². The predicted octanol–water partition coefficient (Wildman–Crippen LogP) is 2.81. The number of carbonyl (C=O) groups is 1. The third kappa shape index (κ3) is 5.04. The van der Waals surface area contributed by atoms with Crippen molar-refractivity contribution in [1.82, 2.24) is 5.32 Å². The summed E-state index contributed by atoms with van der Waals surface area (Å²) in [6, 6.07) is 20.2. The number of esters is 1. The molecule has 0 spiro atoms. The highest BCUT2D eigenvalue weighted by Crippen LogP contribution is 2.10. The van der Waals surface area contributed by atoms with Gasteiger partial charge in [0.2, 0.25) is 0 Å². The van der Waals surface area contributed by atoms with Crippen LogP contribution in [0.15, 0.2) is 60.7 Å². The van der Waals surface area contributed by atoms with E-state index in [1.807, 2.05) is 48.5 Å². The van der Waals surface area contributed by atoms with Gasteiger partial charge < -0.3 is 10.1 Å². The van der Waals surface area contributed by atoms with Crippen LogP contribution in [0.25, 0.3) is 0 Å². The molecule has 0 aromatic heterocycles. The number of hydrogen-bond acceptors (Lipinski definition) is 3. The normalized spacial score (nSPS) is 11.9. The molecule has 0 aliphatic carbocycles. The molecule has 0 amide bonds. The van der Waals surface area contributed by atoms with Gasteiger partial charge in [0.05, 0.1) is 13.0 Å². The molecular weight excluding hydrogens is 262 g/mol. The van der Waals surface area contributed by atoms with Gasteiger partial charge in [-0.2, -0.15) is 0 Å². The van der Waals surface area contributed by atoms with Crippen molar-refractivity contribution >= 4 is 5.97 Å². The fraction of sp³-hybridized carbons (Fsp3) is 0.278. The fourth-order valence-electron chi connectivity index (χ4n) is 2.29. The maximum absolute atomic E-state index is 11.9. The lowest BCUT2D eigenvalue weighted by Crippen LogP contribution is -2.30. The van der Waals surface area contributed by atoms with E-state index >= 15 is 0 Å². The van der Waals surface area contributed by atoms with Crippen molar-refractivity contribution in [2.75, 3.05) is 13.7 Å². The van der Waals surface area contributed by atoms with Crippen LogP contribution in [-0.2, 0) is 22.5 Å². The van der Waals surface area contributed by atoms with E-state index in [0.717, 1.165) is 12.1 Å². The average Bonchev–Trinajstić information content (AvgIpc) is 2.55. The minimum atomic E-state index is -0.167. The molecule has 0 saturated heterocycles.